The topological polar surface area (TPSA) is 138 Å². The van der Waals surface area contributed by atoms with Gasteiger partial charge in [0.05, 0.1) is 18.9 Å². The van der Waals surface area contributed by atoms with Crippen LogP contribution in [0, 0.1) is 5.82 Å². The number of carbonyl (C=O) groups is 1. The fraction of sp³-hybridized carbons (Fsp3) is 0.229. The second-order valence-corrected chi connectivity index (χ2v) is 13.0. The van der Waals surface area contributed by atoms with Gasteiger partial charge in [-0.05, 0) is 41.8 Å². The van der Waals surface area contributed by atoms with Gasteiger partial charge in [0.2, 0.25) is 5.82 Å². The van der Waals surface area contributed by atoms with E-state index in [1.807, 2.05) is 96.0 Å². The van der Waals surface area contributed by atoms with E-state index in [4.69, 9.17) is 18.5 Å². The van der Waals surface area contributed by atoms with Crippen molar-refractivity contribution < 1.29 is 32.3 Å². The van der Waals surface area contributed by atoms with Crippen molar-refractivity contribution in [1.29, 1.82) is 0 Å². The Labute approximate surface area is 274 Å². The molecule has 13 heteroatoms. The van der Waals surface area contributed by atoms with Crippen LogP contribution >= 0.6 is 7.75 Å². The zero-order chi connectivity index (χ0) is 33.5. The van der Waals surface area contributed by atoms with E-state index in [0.717, 1.165) is 27.3 Å². The minimum atomic E-state index is -4.36. The number of H-pyrrole nitrogens is 1. The van der Waals surface area contributed by atoms with Crippen molar-refractivity contribution in [3.63, 3.8) is 0 Å². The first-order chi connectivity index (χ1) is 23.3. The molecule has 4 atom stereocenters. The van der Waals surface area contributed by atoms with Crippen LogP contribution in [0.25, 0.3) is 10.8 Å². The summed E-state index contributed by atoms with van der Waals surface area (Å²) in [5.41, 5.74) is -0.384. The Hall–Kier alpha value is -4.87. The molecular formula is C35H33FN3O8P. The van der Waals surface area contributed by atoms with Crippen molar-refractivity contribution in [3.8, 4) is 5.75 Å². The van der Waals surface area contributed by atoms with Crippen LogP contribution in [0.2, 0.25) is 0 Å². The molecule has 0 amide bonds. The minimum absolute atomic E-state index is 0.00397. The van der Waals surface area contributed by atoms with Crippen molar-refractivity contribution in [2.24, 2.45) is 0 Å². The molecule has 2 heterocycles. The third-order valence-electron chi connectivity index (χ3n) is 7.82. The summed E-state index contributed by atoms with van der Waals surface area (Å²) in [4.78, 5) is 39.3. The van der Waals surface area contributed by atoms with Crippen LogP contribution in [0.3, 0.4) is 0 Å². The van der Waals surface area contributed by atoms with E-state index in [1.165, 1.54) is 0 Å². The highest BCUT2D eigenvalue weighted by Gasteiger charge is 2.37. The van der Waals surface area contributed by atoms with Gasteiger partial charge in [-0.3, -0.25) is 23.7 Å². The summed E-state index contributed by atoms with van der Waals surface area (Å²) < 4.78 is 53.3. The molecule has 248 valence electrons. The molecule has 2 N–H and O–H groups in total. The molecule has 4 aromatic carbocycles. The number of nitrogens with one attached hydrogen (secondary N) is 2. The molecule has 5 aromatic rings. The normalized spacial score (nSPS) is 17.9. The number of halogens is 1. The monoisotopic (exact) mass is 673 g/mol. The van der Waals surface area contributed by atoms with Gasteiger partial charge in [0.25, 0.3) is 5.56 Å². The second kappa shape index (κ2) is 14.9. The first kappa shape index (κ1) is 33.0. The summed E-state index contributed by atoms with van der Waals surface area (Å²) in [7, 11) is -4.36. The lowest BCUT2D eigenvalue weighted by Crippen LogP contribution is -2.39. The quantitative estimate of drug-likeness (QED) is 0.120. The number of carbonyl (C=O) groups excluding carboxylic acids is 1. The lowest BCUT2D eigenvalue weighted by Gasteiger charge is -2.26. The van der Waals surface area contributed by atoms with Crippen LogP contribution in [0.15, 0.2) is 119 Å². The number of aromatic nitrogens is 2. The van der Waals surface area contributed by atoms with Crippen LogP contribution in [0.5, 0.6) is 5.75 Å². The fourth-order valence-electron chi connectivity index (χ4n) is 5.42. The SMILES string of the molecule is O=C(OCc1ccccc1)C(Cc1ccccc1)NP(=O)(OCC1CC[C@H](n2cc(F)c(=O)[nH]c2=O)O1)Oc1cccc2ccccc12. The molecule has 6 rings (SSSR count). The highest BCUT2D eigenvalue weighted by molar-refractivity contribution is 7.52. The van der Waals surface area contributed by atoms with Crippen LogP contribution < -0.4 is 20.9 Å². The minimum Gasteiger partial charge on any atom is -0.460 e. The first-order valence-corrected chi connectivity index (χ1v) is 16.9. The smallest absolute Gasteiger partial charge is 0.459 e. The largest absolute Gasteiger partial charge is 0.460 e. The maximum Gasteiger partial charge on any atom is 0.459 e. The van der Waals surface area contributed by atoms with E-state index in [1.54, 1.807) is 12.1 Å². The molecule has 0 saturated carbocycles. The van der Waals surface area contributed by atoms with E-state index in [2.05, 4.69) is 5.09 Å². The Bertz CT molecular complexity index is 2030. The maximum atomic E-state index is 14.7. The molecule has 11 nitrogen and oxygen atoms in total. The molecule has 48 heavy (non-hydrogen) atoms. The average molecular weight is 674 g/mol. The summed E-state index contributed by atoms with van der Waals surface area (Å²) in [6, 6.07) is 29.9. The lowest BCUT2D eigenvalue weighted by atomic mass is 10.1. The van der Waals surface area contributed by atoms with Crippen molar-refractivity contribution in [2.75, 3.05) is 6.61 Å². The highest BCUT2D eigenvalue weighted by atomic mass is 31.2. The summed E-state index contributed by atoms with van der Waals surface area (Å²) in [5, 5.41) is 4.37. The van der Waals surface area contributed by atoms with Crippen LogP contribution in [0.1, 0.15) is 30.2 Å². The zero-order valence-corrected chi connectivity index (χ0v) is 26.6. The van der Waals surface area contributed by atoms with Gasteiger partial charge >= 0.3 is 19.4 Å². The Balaban J connectivity index is 1.25. The zero-order valence-electron chi connectivity index (χ0n) is 25.7. The number of rotatable bonds is 13. The van der Waals surface area contributed by atoms with Gasteiger partial charge in [-0.1, -0.05) is 97.1 Å². The van der Waals surface area contributed by atoms with Gasteiger partial charge < -0.3 is 14.0 Å². The van der Waals surface area contributed by atoms with Crippen molar-refractivity contribution >= 4 is 24.5 Å². The van der Waals surface area contributed by atoms with Crippen LogP contribution in [-0.2, 0) is 36.4 Å². The lowest BCUT2D eigenvalue weighted by molar-refractivity contribution is -0.147. The number of nitrogens with zero attached hydrogens (tertiary/aromatic N) is 1. The third kappa shape index (κ3) is 8.15. The van der Waals surface area contributed by atoms with Crippen molar-refractivity contribution in [3.05, 3.63) is 147 Å². The number of hydrogen-bond donors (Lipinski definition) is 2. The molecule has 1 aliphatic rings. The summed E-state index contributed by atoms with van der Waals surface area (Å²) in [6.45, 7) is -0.257. The maximum absolute atomic E-state index is 14.7. The predicted octanol–water partition coefficient (Wildman–Crippen LogP) is 5.65. The number of benzene rings is 4. The number of hydrogen-bond acceptors (Lipinski definition) is 8. The van der Waals surface area contributed by atoms with Gasteiger partial charge in [-0.2, -0.15) is 9.48 Å². The Morgan fingerprint density at radius 3 is 2.40 bits per heavy atom. The van der Waals surface area contributed by atoms with Gasteiger partial charge in [0, 0.05) is 5.39 Å². The molecule has 1 aliphatic heterocycles. The van der Waals surface area contributed by atoms with Crippen LogP contribution in [-0.4, -0.2) is 34.3 Å². The first-order valence-electron chi connectivity index (χ1n) is 15.4. The van der Waals surface area contributed by atoms with Gasteiger partial charge in [0.1, 0.15) is 24.6 Å². The van der Waals surface area contributed by atoms with E-state index >= 15 is 0 Å². The molecule has 0 aliphatic carbocycles. The predicted molar refractivity (Wildman–Crippen MR) is 176 cm³/mol. The van der Waals surface area contributed by atoms with Crippen molar-refractivity contribution in [2.45, 2.75) is 44.2 Å². The summed E-state index contributed by atoms with van der Waals surface area (Å²) >= 11 is 0. The molecule has 0 bridgehead atoms. The second-order valence-electron chi connectivity index (χ2n) is 11.3. The number of fused-ring (bicyclic) bond motifs is 1. The fourth-order valence-corrected chi connectivity index (χ4v) is 6.96. The summed E-state index contributed by atoms with van der Waals surface area (Å²) in [5.74, 6) is -1.52. The van der Waals surface area contributed by atoms with E-state index in [9.17, 15) is 23.3 Å². The molecule has 0 radical (unpaired) electrons. The highest BCUT2D eigenvalue weighted by Crippen LogP contribution is 2.48. The molecule has 3 unspecified atom stereocenters. The molecule has 0 spiro atoms. The molecule has 1 fully saturated rings. The molecular weight excluding hydrogens is 640 g/mol. The molecule has 1 aromatic heterocycles. The Morgan fingerprint density at radius 1 is 0.938 bits per heavy atom. The number of esters is 1. The summed E-state index contributed by atoms with van der Waals surface area (Å²) in [6.07, 6.45) is -0.00464. The standard InChI is InChI=1S/C35H33FN3O8P/c36-29-21-39(35(42)37-33(29)40)32-19-18-27(46-32)23-45-48(43,47-31-17-9-15-26-14-7-8-16-28(26)31)38-30(20-24-10-3-1-4-11-24)34(41)44-22-25-12-5-2-6-13-25/h1-17,21,27,30,32H,18-20,22-23H2,(H,38,43)(H,37,40,42)/t27?,30?,32-,48?/m1/s1. The van der Waals surface area contributed by atoms with E-state index in [0.29, 0.717) is 18.2 Å². The van der Waals surface area contributed by atoms with Crippen molar-refractivity contribution in [1.82, 2.24) is 14.6 Å². The Morgan fingerprint density at radius 2 is 1.62 bits per heavy atom. The van der Waals surface area contributed by atoms with Gasteiger partial charge in [-0.25, -0.2) is 9.36 Å². The third-order valence-corrected chi connectivity index (χ3v) is 9.38. The van der Waals surface area contributed by atoms with Gasteiger partial charge in [0.15, 0.2) is 0 Å². The van der Waals surface area contributed by atoms with Crippen LogP contribution in [0.4, 0.5) is 4.39 Å². The van der Waals surface area contributed by atoms with E-state index < -0.39 is 49.2 Å². The Kier molecular flexibility index (Phi) is 10.3. The van der Waals surface area contributed by atoms with Gasteiger partial charge in [-0.15, -0.1) is 0 Å². The number of ether oxygens (including phenoxy) is 2. The van der Waals surface area contributed by atoms with E-state index in [-0.39, 0.29) is 25.4 Å². The average Bonchev–Trinajstić information content (AvgIpc) is 3.58. The molecule has 1 saturated heterocycles. The number of aromatic amines is 1.